The Morgan fingerprint density at radius 3 is 2.28 bits per heavy atom. The van der Waals surface area contributed by atoms with Crippen molar-refractivity contribution >= 4 is 40.7 Å². The number of rotatable bonds is 7. The molecule has 4 rings (SSSR count). The summed E-state index contributed by atoms with van der Waals surface area (Å²) >= 11 is 12.3. The van der Waals surface area contributed by atoms with Gasteiger partial charge in [0.2, 0.25) is 11.9 Å². The van der Waals surface area contributed by atoms with Crippen LogP contribution >= 0.6 is 23.2 Å². The largest absolute Gasteiger partial charge is 0.352 e. The number of hydrogen-bond acceptors (Lipinski definition) is 5. The molecule has 0 unspecified atom stereocenters. The van der Waals surface area contributed by atoms with E-state index in [9.17, 15) is 4.79 Å². The van der Waals surface area contributed by atoms with E-state index in [-0.39, 0.29) is 18.9 Å². The monoisotopic (exact) mass is 466 g/mol. The number of anilines is 2. The molecule has 0 aliphatic carbocycles. The molecule has 2 aromatic carbocycles. The van der Waals surface area contributed by atoms with Crippen LogP contribution in [-0.2, 0) is 24.8 Å². The van der Waals surface area contributed by atoms with Gasteiger partial charge in [-0.2, -0.15) is 5.10 Å². The van der Waals surface area contributed by atoms with E-state index >= 15 is 0 Å². The topological polar surface area (TPSA) is 84.7 Å². The van der Waals surface area contributed by atoms with Gasteiger partial charge in [-0.1, -0.05) is 53.5 Å². The van der Waals surface area contributed by atoms with Crippen molar-refractivity contribution in [1.82, 2.24) is 25.1 Å². The van der Waals surface area contributed by atoms with Gasteiger partial charge in [0.05, 0.1) is 18.3 Å². The lowest BCUT2D eigenvalue weighted by Crippen LogP contribution is -2.24. The Balaban J connectivity index is 1.34. The van der Waals surface area contributed by atoms with Gasteiger partial charge in [-0.3, -0.25) is 9.48 Å². The Bertz CT molecular complexity index is 1200. The Labute approximate surface area is 195 Å². The van der Waals surface area contributed by atoms with Gasteiger partial charge in [-0.25, -0.2) is 9.97 Å². The molecule has 1 amide bonds. The van der Waals surface area contributed by atoms with E-state index in [1.807, 2.05) is 37.5 Å². The Morgan fingerprint density at radius 2 is 1.66 bits per heavy atom. The molecule has 32 heavy (non-hydrogen) atoms. The van der Waals surface area contributed by atoms with Crippen molar-refractivity contribution in [1.29, 1.82) is 0 Å². The maximum Gasteiger partial charge on any atom is 0.227 e. The van der Waals surface area contributed by atoms with Crippen LogP contribution in [0.15, 0.2) is 67.3 Å². The van der Waals surface area contributed by atoms with Crippen LogP contribution < -0.4 is 10.6 Å². The molecule has 162 valence electrons. The molecule has 0 aliphatic heterocycles. The summed E-state index contributed by atoms with van der Waals surface area (Å²) in [6.45, 7) is 0.284. The van der Waals surface area contributed by atoms with Gasteiger partial charge in [-0.05, 0) is 23.3 Å². The summed E-state index contributed by atoms with van der Waals surface area (Å²) in [7, 11) is 1.84. The number of benzene rings is 2. The zero-order valence-electron chi connectivity index (χ0n) is 17.2. The summed E-state index contributed by atoms with van der Waals surface area (Å²) in [6.07, 6.45) is 7.30. The lowest BCUT2D eigenvalue weighted by atomic mass is 10.0. The van der Waals surface area contributed by atoms with E-state index in [2.05, 4.69) is 25.7 Å². The van der Waals surface area contributed by atoms with E-state index < -0.39 is 0 Å². The van der Waals surface area contributed by atoms with Gasteiger partial charge in [0, 0.05) is 53.4 Å². The fraction of sp³-hybridized carbons (Fsp3) is 0.130. The number of hydrogen-bond donors (Lipinski definition) is 2. The van der Waals surface area contributed by atoms with Crippen molar-refractivity contribution in [3.8, 4) is 11.1 Å². The fourth-order valence-electron chi connectivity index (χ4n) is 3.11. The van der Waals surface area contributed by atoms with Crippen LogP contribution in [0.2, 0.25) is 10.0 Å². The number of carbonyl (C=O) groups excluding carboxylic acids is 1. The number of nitrogens with zero attached hydrogens (tertiary/aromatic N) is 4. The minimum atomic E-state index is -0.108. The third-order valence-electron chi connectivity index (χ3n) is 4.79. The lowest BCUT2D eigenvalue weighted by molar-refractivity contribution is -0.120. The minimum Gasteiger partial charge on any atom is -0.352 e. The molecule has 0 atom stereocenters. The van der Waals surface area contributed by atoms with Gasteiger partial charge in [0.15, 0.2) is 0 Å². The molecular formula is C23H20Cl2N6O. The molecule has 0 saturated carbocycles. The quantitative estimate of drug-likeness (QED) is 0.409. The van der Waals surface area contributed by atoms with E-state index in [1.165, 1.54) is 0 Å². The van der Waals surface area contributed by atoms with Crippen LogP contribution in [0.4, 0.5) is 11.6 Å². The Hall–Kier alpha value is -3.42. The SMILES string of the molecule is Cn1cc(Nc2ncc(-c3ccc(CC(=O)NCc4c(Cl)cccc4Cl)cc3)cn2)cn1. The van der Waals surface area contributed by atoms with Crippen molar-refractivity contribution in [2.45, 2.75) is 13.0 Å². The molecule has 0 bridgehead atoms. The summed E-state index contributed by atoms with van der Waals surface area (Å²) in [5.41, 5.74) is 4.27. The predicted molar refractivity (Wildman–Crippen MR) is 126 cm³/mol. The predicted octanol–water partition coefficient (Wildman–Crippen LogP) is 4.79. The molecule has 9 heteroatoms. The molecule has 7 nitrogen and oxygen atoms in total. The third-order valence-corrected chi connectivity index (χ3v) is 5.50. The zero-order valence-corrected chi connectivity index (χ0v) is 18.7. The molecule has 2 heterocycles. The average Bonchev–Trinajstić information content (AvgIpc) is 3.19. The first-order valence-corrected chi connectivity index (χ1v) is 10.6. The molecule has 2 N–H and O–H groups in total. The molecule has 0 fully saturated rings. The van der Waals surface area contributed by atoms with Gasteiger partial charge < -0.3 is 10.6 Å². The molecule has 2 aromatic heterocycles. The number of aromatic nitrogens is 4. The highest BCUT2D eigenvalue weighted by Gasteiger charge is 2.09. The summed E-state index contributed by atoms with van der Waals surface area (Å²) < 4.78 is 1.70. The highest BCUT2D eigenvalue weighted by atomic mass is 35.5. The molecule has 4 aromatic rings. The van der Waals surface area contributed by atoms with Crippen molar-refractivity contribution < 1.29 is 4.79 Å². The number of aryl methyl sites for hydroxylation is 1. The first-order valence-electron chi connectivity index (χ1n) is 9.84. The lowest BCUT2D eigenvalue weighted by Gasteiger charge is -2.09. The van der Waals surface area contributed by atoms with E-state index in [0.717, 1.165) is 22.4 Å². The minimum absolute atomic E-state index is 0.108. The van der Waals surface area contributed by atoms with Crippen molar-refractivity contribution in [3.63, 3.8) is 0 Å². The van der Waals surface area contributed by atoms with E-state index in [0.29, 0.717) is 21.6 Å². The van der Waals surface area contributed by atoms with Crippen LogP contribution in [0.25, 0.3) is 11.1 Å². The summed E-state index contributed by atoms with van der Waals surface area (Å²) in [6, 6.07) is 13.0. The molecule has 0 spiro atoms. The number of nitrogens with one attached hydrogen (secondary N) is 2. The summed E-state index contributed by atoms with van der Waals surface area (Å²) in [5, 5.41) is 11.1. The van der Waals surface area contributed by atoms with Crippen LogP contribution in [0.3, 0.4) is 0 Å². The maximum absolute atomic E-state index is 12.3. The van der Waals surface area contributed by atoms with E-state index in [4.69, 9.17) is 23.2 Å². The zero-order chi connectivity index (χ0) is 22.5. The van der Waals surface area contributed by atoms with Gasteiger partial charge >= 0.3 is 0 Å². The van der Waals surface area contributed by atoms with Gasteiger partial charge in [0.1, 0.15) is 0 Å². The molecular weight excluding hydrogens is 447 g/mol. The highest BCUT2D eigenvalue weighted by molar-refractivity contribution is 6.36. The summed E-state index contributed by atoms with van der Waals surface area (Å²) in [4.78, 5) is 21.0. The van der Waals surface area contributed by atoms with Crippen LogP contribution in [0.5, 0.6) is 0 Å². The Kier molecular flexibility index (Phi) is 6.68. The molecule has 0 saturated heterocycles. The van der Waals surface area contributed by atoms with Crippen LogP contribution in [-0.4, -0.2) is 25.7 Å². The smallest absolute Gasteiger partial charge is 0.227 e. The number of halogens is 2. The number of carbonyl (C=O) groups is 1. The standard InChI is InChI=1S/C23H20Cl2N6O/c1-31-14-18(12-29-31)30-23-27-10-17(11-28-23)16-7-5-15(6-8-16)9-22(32)26-13-19-20(24)3-2-4-21(19)25/h2-8,10-12,14H,9,13H2,1H3,(H,26,32)(H,27,28,30). The third kappa shape index (κ3) is 5.43. The highest BCUT2D eigenvalue weighted by Crippen LogP contribution is 2.24. The average molecular weight is 467 g/mol. The molecule has 0 aliphatic rings. The fourth-order valence-corrected chi connectivity index (χ4v) is 3.64. The Morgan fingerprint density at radius 1 is 0.969 bits per heavy atom. The first-order chi connectivity index (χ1) is 15.5. The van der Waals surface area contributed by atoms with Crippen molar-refractivity contribution in [2.24, 2.45) is 7.05 Å². The second-order valence-corrected chi connectivity index (χ2v) is 7.99. The van der Waals surface area contributed by atoms with Gasteiger partial charge in [-0.15, -0.1) is 0 Å². The summed E-state index contributed by atoms with van der Waals surface area (Å²) in [5.74, 6) is 0.386. The normalized spacial score (nSPS) is 10.7. The van der Waals surface area contributed by atoms with Crippen LogP contribution in [0, 0.1) is 0 Å². The maximum atomic E-state index is 12.3. The van der Waals surface area contributed by atoms with Crippen molar-refractivity contribution in [3.05, 3.63) is 88.4 Å². The second kappa shape index (κ2) is 9.80. The van der Waals surface area contributed by atoms with E-state index in [1.54, 1.807) is 41.5 Å². The first kappa shape index (κ1) is 21.8. The van der Waals surface area contributed by atoms with Gasteiger partial charge in [0.25, 0.3) is 0 Å². The molecule has 0 radical (unpaired) electrons. The second-order valence-electron chi connectivity index (χ2n) is 7.17. The van der Waals surface area contributed by atoms with Crippen LogP contribution in [0.1, 0.15) is 11.1 Å². The number of amides is 1. The van der Waals surface area contributed by atoms with Crippen molar-refractivity contribution in [2.75, 3.05) is 5.32 Å².